The number of nitrogens with zero attached hydrogens (tertiary/aromatic N) is 3. The summed E-state index contributed by atoms with van der Waals surface area (Å²) >= 11 is 0. The van der Waals surface area contributed by atoms with Gasteiger partial charge in [0.05, 0.1) is 11.5 Å². The Kier molecular flexibility index (Phi) is 4.35. The predicted molar refractivity (Wildman–Crippen MR) is 65.0 cm³/mol. The minimum Gasteiger partial charge on any atom is -0.477 e. The van der Waals surface area contributed by atoms with Gasteiger partial charge in [-0.1, -0.05) is 0 Å². The molecule has 0 saturated heterocycles. The van der Waals surface area contributed by atoms with Gasteiger partial charge in [-0.2, -0.15) is 0 Å². The number of likely N-dealkylation sites (N-methyl/N-ethyl adjacent to an activating group) is 1. The van der Waals surface area contributed by atoms with Gasteiger partial charge in [-0.05, 0) is 6.07 Å². The van der Waals surface area contributed by atoms with Gasteiger partial charge in [0.2, 0.25) is 11.7 Å². The molecular formula is C10H12N4O5. The number of carbonyl (C=O) groups is 2. The average molecular weight is 268 g/mol. The number of amides is 1. The first-order valence-electron chi connectivity index (χ1n) is 5.15. The summed E-state index contributed by atoms with van der Waals surface area (Å²) < 4.78 is 0. The molecule has 1 aromatic heterocycles. The van der Waals surface area contributed by atoms with Crippen molar-refractivity contribution in [2.24, 2.45) is 0 Å². The van der Waals surface area contributed by atoms with Crippen molar-refractivity contribution in [1.82, 2.24) is 9.88 Å². The molecule has 1 heterocycles. The van der Waals surface area contributed by atoms with E-state index in [9.17, 15) is 19.7 Å². The molecule has 0 aliphatic carbocycles. The van der Waals surface area contributed by atoms with Crippen LogP contribution in [0.5, 0.6) is 0 Å². The first kappa shape index (κ1) is 14.4. The van der Waals surface area contributed by atoms with Gasteiger partial charge in [0.15, 0.2) is 5.69 Å². The van der Waals surface area contributed by atoms with Gasteiger partial charge in [-0.3, -0.25) is 14.9 Å². The lowest BCUT2D eigenvalue weighted by molar-refractivity contribution is -0.384. The highest BCUT2D eigenvalue weighted by molar-refractivity contribution is 5.87. The first-order chi connectivity index (χ1) is 8.82. The Morgan fingerprint density at radius 1 is 1.47 bits per heavy atom. The van der Waals surface area contributed by atoms with E-state index in [-0.39, 0.29) is 24.0 Å². The standard InChI is InChI=1S/C10H12N4O5/c1-13(2)8(15)5-11-9-7(14(18)19)4-3-6(12-9)10(16)17/h3-4H,5H2,1-2H3,(H,11,12)(H,16,17). The van der Waals surface area contributed by atoms with Gasteiger partial charge >= 0.3 is 11.7 Å². The molecule has 0 fully saturated rings. The molecule has 0 atom stereocenters. The van der Waals surface area contributed by atoms with E-state index in [0.717, 1.165) is 12.1 Å². The normalized spacial score (nSPS) is 9.79. The first-order valence-corrected chi connectivity index (χ1v) is 5.15. The quantitative estimate of drug-likeness (QED) is 0.576. The zero-order chi connectivity index (χ0) is 14.6. The van der Waals surface area contributed by atoms with E-state index in [1.54, 1.807) is 0 Å². The Bertz CT molecular complexity index is 529. The summed E-state index contributed by atoms with van der Waals surface area (Å²) in [4.78, 5) is 37.1. The van der Waals surface area contributed by atoms with Gasteiger partial charge < -0.3 is 15.3 Å². The smallest absolute Gasteiger partial charge is 0.354 e. The highest BCUT2D eigenvalue weighted by Gasteiger charge is 2.19. The van der Waals surface area contributed by atoms with Crippen LogP contribution in [0, 0.1) is 10.1 Å². The van der Waals surface area contributed by atoms with Gasteiger partial charge in [-0.25, -0.2) is 9.78 Å². The van der Waals surface area contributed by atoms with Crippen LogP contribution >= 0.6 is 0 Å². The second-order valence-corrected chi connectivity index (χ2v) is 3.77. The van der Waals surface area contributed by atoms with Crippen LogP contribution in [0.3, 0.4) is 0 Å². The largest absolute Gasteiger partial charge is 0.477 e. The van der Waals surface area contributed by atoms with Crippen LogP contribution in [0.4, 0.5) is 11.5 Å². The average Bonchev–Trinajstić information content (AvgIpc) is 2.34. The van der Waals surface area contributed by atoms with Crippen LogP contribution in [0.2, 0.25) is 0 Å². The Labute approximate surface area is 108 Å². The van der Waals surface area contributed by atoms with E-state index in [2.05, 4.69) is 10.3 Å². The molecule has 0 unspecified atom stereocenters. The molecule has 0 aromatic carbocycles. The Morgan fingerprint density at radius 2 is 2.11 bits per heavy atom. The van der Waals surface area contributed by atoms with E-state index < -0.39 is 16.6 Å². The molecule has 2 N–H and O–H groups in total. The highest BCUT2D eigenvalue weighted by Crippen LogP contribution is 2.21. The summed E-state index contributed by atoms with van der Waals surface area (Å²) in [5.41, 5.74) is -0.734. The number of pyridine rings is 1. The minimum atomic E-state index is -1.31. The Hall–Kier alpha value is -2.71. The maximum atomic E-state index is 11.4. The van der Waals surface area contributed by atoms with Crippen LogP contribution in [0.15, 0.2) is 12.1 Å². The number of aromatic carboxylic acids is 1. The van der Waals surface area contributed by atoms with Gasteiger partial charge in [0.1, 0.15) is 0 Å². The van der Waals surface area contributed by atoms with Crippen molar-refractivity contribution in [2.45, 2.75) is 0 Å². The van der Waals surface area contributed by atoms with Crippen molar-refractivity contribution in [3.8, 4) is 0 Å². The number of carboxylic acids is 1. The maximum Gasteiger partial charge on any atom is 0.354 e. The fourth-order valence-electron chi connectivity index (χ4n) is 1.17. The number of anilines is 1. The summed E-state index contributed by atoms with van der Waals surface area (Å²) in [6, 6.07) is 2.05. The molecule has 9 heteroatoms. The van der Waals surface area contributed by atoms with Gasteiger partial charge in [-0.15, -0.1) is 0 Å². The number of carbonyl (C=O) groups excluding carboxylic acids is 1. The summed E-state index contributed by atoms with van der Waals surface area (Å²) in [5, 5.41) is 22.0. The SMILES string of the molecule is CN(C)C(=O)CNc1nc(C(=O)O)ccc1[N+](=O)[O-]. The van der Waals surface area contributed by atoms with Crippen molar-refractivity contribution in [3.05, 3.63) is 27.9 Å². The molecule has 19 heavy (non-hydrogen) atoms. The van der Waals surface area contributed by atoms with Crippen molar-refractivity contribution < 1.29 is 19.6 Å². The summed E-state index contributed by atoms with van der Waals surface area (Å²) in [6.45, 7) is -0.218. The van der Waals surface area contributed by atoms with Crippen LogP contribution < -0.4 is 5.32 Å². The molecule has 0 radical (unpaired) electrons. The Balaban J connectivity index is 3.01. The monoisotopic (exact) mass is 268 g/mol. The summed E-state index contributed by atoms with van der Waals surface area (Å²) in [6.07, 6.45) is 0. The third-order valence-corrected chi connectivity index (χ3v) is 2.20. The number of hydrogen-bond acceptors (Lipinski definition) is 6. The zero-order valence-electron chi connectivity index (χ0n) is 10.3. The fraction of sp³-hybridized carbons (Fsp3) is 0.300. The summed E-state index contributed by atoms with van der Waals surface area (Å²) in [5.74, 6) is -1.88. The number of hydrogen-bond donors (Lipinski definition) is 2. The number of nitro groups is 1. The molecule has 1 aromatic rings. The third kappa shape index (κ3) is 3.63. The molecular weight excluding hydrogens is 256 g/mol. The van der Waals surface area contributed by atoms with Gasteiger partial charge in [0.25, 0.3) is 0 Å². The molecule has 0 bridgehead atoms. The van der Waals surface area contributed by atoms with Crippen molar-refractivity contribution in [3.63, 3.8) is 0 Å². The molecule has 0 saturated carbocycles. The van der Waals surface area contributed by atoms with Crippen molar-refractivity contribution in [1.29, 1.82) is 0 Å². The number of carboxylic acid groups (broad SMARTS) is 1. The molecule has 0 aliphatic heterocycles. The van der Waals surface area contributed by atoms with Crippen LogP contribution in [-0.4, -0.2) is 52.4 Å². The fourth-order valence-corrected chi connectivity index (χ4v) is 1.17. The second-order valence-electron chi connectivity index (χ2n) is 3.77. The third-order valence-electron chi connectivity index (χ3n) is 2.20. The van der Waals surface area contributed by atoms with Crippen LogP contribution in [0.25, 0.3) is 0 Å². The van der Waals surface area contributed by atoms with E-state index in [4.69, 9.17) is 5.11 Å². The molecule has 1 rings (SSSR count). The molecule has 0 aliphatic rings. The number of nitrogens with one attached hydrogen (secondary N) is 1. The van der Waals surface area contributed by atoms with Crippen molar-refractivity contribution >= 4 is 23.4 Å². The molecule has 102 valence electrons. The highest BCUT2D eigenvalue weighted by atomic mass is 16.6. The van der Waals surface area contributed by atoms with E-state index in [1.807, 2.05) is 0 Å². The summed E-state index contributed by atoms with van der Waals surface area (Å²) in [7, 11) is 3.05. The van der Waals surface area contributed by atoms with E-state index in [1.165, 1.54) is 19.0 Å². The van der Waals surface area contributed by atoms with Crippen LogP contribution in [0.1, 0.15) is 10.5 Å². The maximum absolute atomic E-state index is 11.4. The lowest BCUT2D eigenvalue weighted by Crippen LogP contribution is -2.29. The van der Waals surface area contributed by atoms with Gasteiger partial charge in [0, 0.05) is 20.2 Å². The zero-order valence-corrected chi connectivity index (χ0v) is 10.3. The van der Waals surface area contributed by atoms with Crippen molar-refractivity contribution in [2.75, 3.05) is 26.0 Å². The second kappa shape index (κ2) is 5.76. The topological polar surface area (TPSA) is 126 Å². The Morgan fingerprint density at radius 3 is 2.58 bits per heavy atom. The lowest BCUT2D eigenvalue weighted by atomic mass is 10.3. The van der Waals surface area contributed by atoms with Crippen LogP contribution in [-0.2, 0) is 4.79 Å². The molecule has 0 spiro atoms. The molecule has 1 amide bonds. The molecule has 9 nitrogen and oxygen atoms in total. The number of aromatic nitrogens is 1. The predicted octanol–water partition coefficient (Wildman–Crippen LogP) is 0.188. The van der Waals surface area contributed by atoms with E-state index in [0.29, 0.717) is 0 Å². The number of rotatable bonds is 5. The minimum absolute atomic E-state index is 0.218. The van der Waals surface area contributed by atoms with E-state index >= 15 is 0 Å². The lowest BCUT2D eigenvalue weighted by Gasteiger charge is -2.11.